The van der Waals surface area contributed by atoms with Crippen molar-refractivity contribution in [3.05, 3.63) is 42.2 Å². The van der Waals surface area contributed by atoms with Crippen LogP contribution in [0, 0.1) is 0 Å². The second kappa shape index (κ2) is 5.28. The van der Waals surface area contributed by atoms with E-state index in [0.717, 1.165) is 29.4 Å². The van der Waals surface area contributed by atoms with Crippen LogP contribution in [0.5, 0.6) is 0 Å². The fourth-order valence-electron chi connectivity index (χ4n) is 2.41. The number of carbonyl (C=O) groups is 1. The summed E-state index contributed by atoms with van der Waals surface area (Å²) in [6.07, 6.45) is 5.51. The Kier molecular flexibility index (Phi) is 3.11. The van der Waals surface area contributed by atoms with Gasteiger partial charge < -0.3 is 21.4 Å². The van der Waals surface area contributed by atoms with Crippen molar-refractivity contribution in [3.8, 4) is 0 Å². The average Bonchev–Trinajstić information content (AvgIpc) is 3.22. The van der Waals surface area contributed by atoms with Crippen molar-refractivity contribution in [2.45, 2.75) is 18.9 Å². The van der Waals surface area contributed by atoms with Crippen LogP contribution >= 0.6 is 0 Å². The van der Waals surface area contributed by atoms with E-state index in [0.29, 0.717) is 23.4 Å². The zero-order valence-corrected chi connectivity index (χ0v) is 12.3. The van der Waals surface area contributed by atoms with Crippen molar-refractivity contribution in [1.29, 1.82) is 0 Å². The summed E-state index contributed by atoms with van der Waals surface area (Å²) in [6, 6.07) is 8.30. The normalized spacial score (nSPS) is 13.9. The lowest BCUT2D eigenvalue weighted by Crippen LogP contribution is -2.17. The minimum absolute atomic E-state index is 0.309. The first-order chi connectivity index (χ1) is 11.2. The summed E-state index contributed by atoms with van der Waals surface area (Å²) in [5, 5.41) is 7.48. The van der Waals surface area contributed by atoms with Crippen molar-refractivity contribution in [1.82, 2.24) is 15.0 Å². The summed E-state index contributed by atoms with van der Waals surface area (Å²) >= 11 is 0. The highest BCUT2D eigenvalue weighted by Gasteiger charge is 2.24. The van der Waals surface area contributed by atoms with Crippen LogP contribution in [0.15, 0.2) is 36.7 Å². The fourth-order valence-corrected chi connectivity index (χ4v) is 2.41. The van der Waals surface area contributed by atoms with Gasteiger partial charge >= 0.3 is 0 Å². The number of fused-ring (bicyclic) bond motifs is 1. The van der Waals surface area contributed by atoms with E-state index in [4.69, 9.17) is 5.73 Å². The molecule has 1 amide bonds. The van der Waals surface area contributed by atoms with Gasteiger partial charge in [0.25, 0.3) is 5.91 Å². The van der Waals surface area contributed by atoms with Gasteiger partial charge in [0, 0.05) is 35.0 Å². The third-order valence-electron chi connectivity index (χ3n) is 3.78. The first kappa shape index (κ1) is 13.6. The van der Waals surface area contributed by atoms with Crippen molar-refractivity contribution >= 4 is 34.3 Å². The third kappa shape index (κ3) is 2.80. The highest BCUT2D eigenvalue weighted by molar-refractivity contribution is 5.97. The van der Waals surface area contributed by atoms with Crippen LogP contribution in [0.1, 0.15) is 23.2 Å². The van der Waals surface area contributed by atoms with Crippen LogP contribution < -0.4 is 16.4 Å². The van der Waals surface area contributed by atoms with E-state index in [1.807, 2.05) is 30.5 Å². The topological polar surface area (TPSA) is 109 Å². The SMILES string of the molecule is NC(=O)c1cnc(Nc2ccc3[nH]ccc3c2)nc1NC1CC1. The monoisotopic (exact) mass is 308 g/mol. The predicted octanol–water partition coefficient (Wildman–Crippen LogP) is 2.37. The molecule has 23 heavy (non-hydrogen) atoms. The first-order valence-electron chi connectivity index (χ1n) is 7.46. The van der Waals surface area contributed by atoms with Crippen molar-refractivity contribution in [2.24, 2.45) is 5.73 Å². The van der Waals surface area contributed by atoms with Gasteiger partial charge in [0.2, 0.25) is 5.95 Å². The van der Waals surface area contributed by atoms with E-state index >= 15 is 0 Å². The molecule has 0 radical (unpaired) electrons. The minimum Gasteiger partial charge on any atom is -0.367 e. The Morgan fingerprint density at radius 3 is 2.96 bits per heavy atom. The van der Waals surface area contributed by atoms with Gasteiger partial charge in [-0.05, 0) is 37.1 Å². The summed E-state index contributed by atoms with van der Waals surface area (Å²) in [4.78, 5) is 23.2. The molecule has 7 nitrogen and oxygen atoms in total. The Morgan fingerprint density at radius 2 is 2.17 bits per heavy atom. The van der Waals surface area contributed by atoms with E-state index in [-0.39, 0.29) is 0 Å². The average molecular weight is 308 g/mol. The quantitative estimate of drug-likeness (QED) is 0.578. The van der Waals surface area contributed by atoms with Crippen molar-refractivity contribution in [3.63, 3.8) is 0 Å². The Hall–Kier alpha value is -3.09. The molecule has 0 aliphatic heterocycles. The number of carbonyl (C=O) groups excluding carboxylic acids is 1. The molecule has 1 aromatic carbocycles. The number of H-pyrrole nitrogens is 1. The maximum Gasteiger partial charge on any atom is 0.254 e. The van der Waals surface area contributed by atoms with Gasteiger partial charge in [-0.25, -0.2) is 4.98 Å². The molecule has 0 atom stereocenters. The number of anilines is 3. The number of rotatable bonds is 5. The molecular formula is C16H16N6O. The van der Waals surface area contributed by atoms with Gasteiger partial charge in [-0.3, -0.25) is 4.79 Å². The Labute approximate surface area is 132 Å². The maximum absolute atomic E-state index is 11.5. The molecule has 1 fully saturated rings. The Morgan fingerprint density at radius 1 is 1.30 bits per heavy atom. The number of amides is 1. The van der Waals surface area contributed by atoms with Crippen LogP contribution in [0.2, 0.25) is 0 Å². The number of hydrogen-bond acceptors (Lipinski definition) is 5. The molecule has 3 aromatic rings. The summed E-state index contributed by atoms with van der Waals surface area (Å²) in [7, 11) is 0. The number of hydrogen-bond donors (Lipinski definition) is 4. The smallest absolute Gasteiger partial charge is 0.254 e. The molecule has 0 unspecified atom stereocenters. The molecule has 0 spiro atoms. The summed E-state index contributed by atoms with van der Waals surface area (Å²) in [5.41, 5.74) is 7.63. The standard InChI is InChI=1S/C16H16N6O/c17-14(23)12-8-19-16(22-15(12)20-10-1-2-10)21-11-3-4-13-9(7-11)5-6-18-13/h3-8,10,18H,1-2H2,(H2,17,23)(H2,19,20,21,22). The van der Waals surface area contributed by atoms with E-state index in [1.54, 1.807) is 0 Å². The number of nitrogens with one attached hydrogen (secondary N) is 3. The van der Waals surface area contributed by atoms with Crippen molar-refractivity contribution < 1.29 is 4.79 Å². The molecule has 1 saturated carbocycles. The number of nitrogens with two attached hydrogens (primary N) is 1. The third-order valence-corrected chi connectivity index (χ3v) is 3.78. The molecule has 0 bridgehead atoms. The highest BCUT2D eigenvalue weighted by atomic mass is 16.1. The molecule has 1 aliphatic rings. The van der Waals surface area contributed by atoms with Gasteiger partial charge in [-0.1, -0.05) is 0 Å². The van der Waals surface area contributed by atoms with Crippen LogP contribution in [-0.4, -0.2) is 26.9 Å². The Balaban J connectivity index is 1.63. The second-order valence-corrected chi connectivity index (χ2v) is 5.64. The molecule has 2 heterocycles. The lowest BCUT2D eigenvalue weighted by molar-refractivity contribution is 0.100. The molecule has 0 saturated heterocycles. The van der Waals surface area contributed by atoms with Crippen LogP contribution in [0.25, 0.3) is 10.9 Å². The highest BCUT2D eigenvalue weighted by Crippen LogP contribution is 2.26. The molecule has 7 heteroatoms. The van der Waals surface area contributed by atoms with E-state index in [1.165, 1.54) is 6.20 Å². The number of aromatic nitrogens is 3. The van der Waals surface area contributed by atoms with Crippen LogP contribution in [-0.2, 0) is 0 Å². The first-order valence-corrected chi connectivity index (χ1v) is 7.46. The Bertz CT molecular complexity index is 883. The van der Waals surface area contributed by atoms with Gasteiger partial charge in [0.15, 0.2) is 0 Å². The van der Waals surface area contributed by atoms with Gasteiger partial charge in [0.05, 0.1) is 5.56 Å². The molecular weight excluding hydrogens is 292 g/mol. The summed E-state index contributed by atoms with van der Waals surface area (Å²) < 4.78 is 0. The van der Waals surface area contributed by atoms with Gasteiger partial charge in [-0.2, -0.15) is 4.98 Å². The van der Waals surface area contributed by atoms with Crippen LogP contribution in [0.3, 0.4) is 0 Å². The van der Waals surface area contributed by atoms with Crippen LogP contribution in [0.4, 0.5) is 17.5 Å². The number of aromatic amines is 1. The minimum atomic E-state index is -0.534. The molecule has 4 rings (SSSR count). The largest absolute Gasteiger partial charge is 0.367 e. The van der Waals surface area contributed by atoms with Gasteiger partial charge in [0.1, 0.15) is 5.82 Å². The second-order valence-electron chi connectivity index (χ2n) is 5.64. The molecule has 2 aromatic heterocycles. The molecule has 1 aliphatic carbocycles. The fraction of sp³-hybridized carbons (Fsp3) is 0.188. The lowest BCUT2D eigenvalue weighted by atomic mass is 10.2. The number of benzene rings is 1. The van der Waals surface area contributed by atoms with Gasteiger partial charge in [-0.15, -0.1) is 0 Å². The summed E-state index contributed by atoms with van der Waals surface area (Å²) in [5.74, 6) is 0.377. The summed E-state index contributed by atoms with van der Waals surface area (Å²) in [6.45, 7) is 0. The van der Waals surface area contributed by atoms with E-state index in [9.17, 15) is 4.79 Å². The zero-order chi connectivity index (χ0) is 15.8. The zero-order valence-electron chi connectivity index (χ0n) is 12.3. The van der Waals surface area contributed by atoms with E-state index < -0.39 is 5.91 Å². The molecule has 5 N–H and O–H groups in total. The predicted molar refractivity (Wildman–Crippen MR) is 88.8 cm³/mol. The van der Waals surface area contributed by atoms with E-state index in [2.05, 4.69) is 25.6 Å². The maximum atomic E-state index is 11.5. The molecule has 116 valence electrons. The number of primary amides is 1. The lowest BCUT2D eigenvalue weighted by Gasteiger charge is -2.11. The van der Waals surface area contributed by atoms with Crippen molar-refractivity contribution in [2.75, 3.05) is 10.6 Å². The number of nitrogens with zero attached hydrogens (tertiary/aromatic N) is 2.